The van der Waals surface area contributed by atoms with Crippen LogP contribution < -0.4 is 5.32 Å². The molecule has 2 unspecified atom stereocenters. The maximum absolute atomic E-state index is 12.4. The number of aliphatic carboxylic acids is 1. The van der Waals surface area contributed by atoms with E-state index in [0.717, 1.165) is 18.4 Å². The lowest BCUT2D eigenvalue weighted by Gasteiger charge is -2.33. The molecule has 1 fully saturated rings. The molecule has 2 amide bonds. The molecule has 0 aliphatic carbocycles. The summed E-state index contributed by atoms with van der Waals surface area (Å²) in [5.41, 5.74) is 1.11. The van der Waals surface area contributed by atoms with Crippen LogP contribution in [0, 0.1) is 13.8 Å². The molecule has 21 heavy (non-hydrogen) atoms. The lowest BCUT2D eigenvalue weighted by atomic mass is 10.0. The van der Waals surface area contributed by atoms with Gasteiger partial charge < -0.3 is 15.3 Å². The van der Waals surface area contributed by atoms with E-state index in [4.69, 9.17) is 0 Å². The van der Waals surface area contributed by atoms with Gasteiger partial charge in [0, 0.05) is 16.3 Å². The molecular weight excluding hydrogens is 288 g/mol. The van der Waals surface area contributed by atoms with Crippen LogP contribution in [0.15, 0.2) is 6.07 Å². The van der Waals surface area contributed by atoms with Crippen LogP contribution in [0.25, 0.3) is 0 Å². The average molecular weight is 310 g/mol. The molecule has 2 heterocycles. The quantitative estimate of drug-likeness (QED) is 0.901. The smallest absolute Gasteiger partial charge is 0.326 e. The Bertz CT molecular complexity index is 541. The van der Waals surface area contributed by atoms with Crippen molar-refractivity contribution < 1.29 is 14.7 Å². The summed E-state index contributed by atoms with van der Waals surface area (Å²) in [7, 11) is 0. The van der Waals surface area contributed by atoms with Crippen LogP contribution in [0.2, 0.25) is 0 Å². The Labute approximate surface area is 129 Å². The first kappa shape index (κ1) is 15.8. The second-order valence-corrected chi connectivity index (χ2v) is 7.04. The number of nitrogens with one attached hydrogen (secondary N) is 1. The van der Waals surface area contributed by atoms with Gasteiger partial charge in [0.1, 0.15) is 6.04 Å². The Morgan fingerprint density at radius 1 is 1.43 bits per heavy atom. The second kappa shape index (κ2) is 6.47. The van der Waals surface area contributed by atoms with E-state index in [0.29, 0.717) is 13.0 Å². The SMILES string of the molecule is Cc1cc(C(C)NC(=O)N2CCCCC2C(=O)O)c(C)s1. The van der Waals surface area contributed by atoms with E-state index >= 15 is 0 Å². The van der Waals surface area contributed by atoms with Gasteiger partial charge in [0.2, 0.25) is 0 Å². The number of nitrogens with zero attached hydrogens (tertiary/aromatic N) is 1. The third kappa shape index (κ3) is 3.56. The molecule has 0 saturated carbocycles. The molecule has 116 valence electrons. The van der Waals surface area contributed by atoms with E-state index < -0.39 is 12.0 Å². The zero-order valence-electron chi connectivity index (χ0n) is 12.7. The van der Waals surface area contributed by atoms with Crippen molar-refractivity contribution in [2.75, 3.05) is 6.54 Å². The van der Waals surface area contributed by atoms with Crippen LogP contribution in [-0.2, 0) is 4.79 Å². The Morgan fingerprint density at radius 3 is 2.71 bits per heavy atom. The molecule has 0 aromatic carbocycles. The molecule has 1 aliphatic heterocycles. The van der Waals surface area contributed by atoms with E-state index in [1.807, 2.05) is 20.8 Å². The number of carboxylic acids is 1. The fourth-order valence-corrected chi connectivity index (χ4v) is 3.88. The van der Waals surface area contributed by atoms with Crippen LogP contribution in [0.1, 0.15) is 47.5 Å². The van der Waals surface area contributed by atoms with Gasteiger partial charge in [-0.25, -0.2) is 9.59 Å². The number of hydrogen-bond acceptors (Lipinski definition) is 3. The van der Waals surface area contributed by atoms with Gasteiger partial charge in [0.15, 0.2) is 0 Å². The van der Waals surface area contributed by atoms with Crippen LogP contribution in [0.4, 0.5) is 4.79 Å². The highest BCUT2D eigenvalue weighted by molar-refractivity contribution is 7.12. The van der Waals surface area contributed by atoms with Gasteiger partial charge in [0.05, 0.1) is 6.04 Å². The third-order valence-electron chi connectivity index (χ3n) is 3.93. The number of carbonyl (C=O) groups excluding carboxylic acids is 1. The number of rotatable bonds is 3. The lowest BCUT2D eigenvalue weighted by Crippen LogP contribution is -2.52. The van der Waals surface area contributed by atoms with Crippen molar-refractivity contribution in [1.82, 2.24) is 10.2 Å². The number of amides is 2. The van der Waals surface area contributed by atoms with Gasteiger partial charge in [0.25, 0.3) is 0 Å². The minimum Gasteiger partial charge on any atom is -0.480 e. The topological polar surface area (TPSA) is 69.6 Å². The van der Waals surface area contributed by atoms with Crippen molar-refractivity contribution in [1.29, 1.82) is 0 Å². The Kier molecular flexibility index (Phi) is 4.88. The van der Waals surface area contributed by atoms with Crippen LogP contribution in [0.3, 0.4) is 0 Å². The van der Waals surface area contributed by atoms with Crippen molar-refractivity contribution >= 4 is 23.3 Å². The van der Waals surface area contributed by atoms with E-state index in [1.165, 1.54) is 14.7 Å². The molecule has 2 atom stereocenters. The molecule has 6 heteroatoms. The molecular formula is C15H22N2O3S. The standard InChI is InChI=1S/C15H22N2O3S/c1-9-8-12(11(3)21-9)10(2)16-15(20)17-7-5-4-6-13(17)14(18)19/h8,10,13H,4-7H2,1-3H3,(H,16,20)(H,18,19). The minimum absolute atomic E-state index is 0.112. The summed E-state index contributed by atoms with van der Waals surface area (Å²) >= 11 is 1.71. The average Bonchev–Trinajstić information content (AvgIpc) is 2.77. The van der Waals surface area contributed by atoms with Crippen LogP contribution in [-0.4, -0.2) is 34.6 Å². The highest BCUT2D eigenvalue weighted by atomic mass is 32.1. The van der Waals surface area contributed by atoms with Crippen molar-refractivity contribution in [2.45, 2.75) is 52.1 Å². The Morgan fingerprint density at radius 2 is 2.14 bits per heavy atom. The monoisotopic (exact) mass is 310 g/mol. The van der Waals surface area contributed by atoms with E-state index in [2.05, 4.69) is 11.4 Å². The maximum atomic E-state index is 12.4. The Hall–Kier alpha value is -1.56. The summed E-state index contributed by atoms with van der Waals surface area (Å²) in [5.74, 6) is -0.917. The number of urea groups is 1. The van der Waals surface area contributed by atoms with Gasteiger partial charge in [-0.3, -0.25) is 0 Å². The number of thiophene rings is 1. The first-order valence-electron chi connectivity index (χ1n) is 7.27. The van der Waals surface area contributed by atoms with Gasteiger partial charge in [-0.1, -0.05) is 0 Å². The maximum Gasteiger partial charge on any atom is 0.326 e. The van der Waals surface area contributed by atoms with E-state index in [-0.39, 0.29) is 12.1 Å². The molecule has 0 radical (unpaired) electrons. The first-order chi connectivity index (χ1) is 9.90. The fraction of sp³-hybridized carbons (Fsp3) is 0.600. The van der Waals surface area contributed by atoms with Gasteiger partial charge >= 0.3 is 12.0 Å². The molecule has 1 aromatic rings. The molecule has 1 saturated heterocycles. The number of carboxylic acid groups (broad SMARTS) is 1. The largest absolute Gasteiger partial charge is 0.480 e. The van der Waals surface area contributed by atoms with E-state index in [9.17, 15) is 14.7 Å². The lowest BCUT2D eigenvalue weighted by molar-refractivity contribution is -0.143. The van der Waals surface area contributed by atoms with Crippen LogP contribution >= 0.6 is 11.3 Å². The molecule has 0 bridgehead atoms. The molecule has 2 rings (SSSR count). The molecule has 0 spiro atoms. The highest BCUT2D eigenvalue weighted by Crippen LogP contribution is 2.26. The molecule has 5 nitrogen and oxygen atoms in total. The molecule has 1 aromatic heterocycles. The third-order valence-corrected chi connectivity index (χ3v) is 4.92. The summed E-state index contributed by atoms with van der Waals surface area (Å²) in [5, 5.41) is 12.2. The zero-order chi connectivity index (χ0) is 15.6. The van der Waals surface area contributed by atoms with Gasteiger partial charge in [-0.15, -0.1) is 11.3 Å². The summed E-state index contributed by atoms with van der Waals surface area (Å²) in [6.45, 7) is 6.53. The van der Waals surface area contributed by atoms with Crippen molar-refractivity contribution in [3.05, 3.63) is 21.4 Å². The molecule has 2 N–H and O–H groups in total. The van der Waals surface area contributed by atoms with Gasteiger partial charge in [-0.2, -0.15) is 0 Å². The number of likely N-dealkylation sites (tertiary alicyclic amines) is 1. The van der Waals surface area contributed by atoms with Crippen molar-refractivity contribution in [3.8, 4) is 0 Å². The van der Waals surface area contributed by atoms with Crippen molar-refractivity contribution in [2.24, 2.45) is 0 Å². The number of hydrogen-bond donors (Lipinski definition) is 2. The van der Waals surface area contributed by atoms with E-state index in [1.54, 1.807) is 11.3 Å². The second-order valence-electron chi connectivity index (χ2n) is 5.58. The number of carbonyl (C=O) groups is 2. The minimum atomic E-state index is -0.917. The van der Waals surface area contributed by atoms with Gasteiger partial charge in [-0.05, 0) is 51.7 Å². The predicted octanol–water partition coefficient (Wildman–Crippen LogP) is 3.07. The zero-order valence-corrected chi connectivity index (χ0v) is 13.5. The first-order valence-corrected chi connectivity index (χ1v) is 8.08. The summed E-state index contributed by atoms with van der Waals surface area (Å²) in [4.78, 5) is 27.5. The predicted molar refractivity (Wildman–Crippen MR) is 82.7 cm³/mol. The fourth-order valence-electron chi connectivity index (χ4n) is 2.86. The highest BCUT2D eigenvalue weighted by Gasteiger charge is 2.32. The normalized spacial score (nSPS) is 20.1. The summed E-state index contributed by atoms with van der Waals surface area (Å²) in [6.07, 6.45) is 2.26. The summed E-state index contributed by atoms with van der Waals surface area (Å²) in [6, 6.07) is 0.989. The summed E-state index contributed by atoms with van der Waals surface area (Å²) < 4.78 is 0. The number of piperidine rings is 1. The Balaban J connectivity index is 2.06. The number of aryl methyl sites for hydroxylation is 2. The van der Waals surface area contributed by atoms with Crippen molar-refractivity contribution in [3.63, 3.8) is 0 Å². The molecule has 1 aliphatic rings. The van der Waals surface area contributed by atoms with Crippen LogP contribution in [0.5, 0.6) is 0 Å².